The number of carbonyl (C=O) groups excluding carboxylic acids is 1. The van der Waals surface area contributed by atoms with Crippen LogP contribution >= 0.6 is 0 Å². The fourth-order valence-electron chi connectivity index (χ4n) is 3.07. The van der Waals surface area contributed by atoms with E-state index in [1.165, 1.54) is 17.0 Å². The Hall–Kier alpha value is -2.47. The summed E-state index contributed by atoms with van der Waals surface area (Å²) in [5.74, 6) is -0.802. The summed E-state index contributed by atoms with van der Waals surface area (Å²) in [5.41, 5.74) is 1.17. The Bertz CT molecular complexity index is 782. The number of halogens is 2. The Kier molecular flexibility index (Phi) is 4.99. The molecule has 1 aliphatic rings. The zero-order valence-electron chi connectivity index (χ0n) is 14.2. The van der Waals surface area contributed by atoms with E-state index in [1.54, 1.807) is 14.0 Å². The molecule has 1 heterocycles. The van der Waals surface area contributed by atoms with Crippen LogP contribution in [0.4, 0.5) is 14.5 Å². The number of piperazine rings is 1. The summed E-state index contributed by atoms with van der Waals surface area (Å²) in [6.07, 6.45) is 0. The summed E-state index contributed by atoms with van der Waals surface area (Å²) in [6, 6.07) is 10.6. The molecular weight excluding hydrogens is 326 g/mol. The molecule has 3 rings (SSSR count). The molecule has 1 atom stereocenters. The third kappa shape index (κ3) is 3.64. The third-order valence-electron chi connectivity index (χ3n) is 4.50. The second kappa shape index (κ2) is 7.19. The molecule has 4 nitrogen and oxygen atoms in total. The fourth-order valence-corrected chi connectivity index (χ4v) is 3.07. The number of hydrogen-bond donors (Lipinski definition) is 0. The van der Waals surface area contributed by atoms with Crippen molar-refractivity contribution < 1.29 is 18.3 Å². The van der Waals surface area contributed by atoms with Crippen molar-refractivity contribution >= 4 is 11.6 Å². The largest absolute Gasteiger partial charge is 0.497 e. The minimum atomic E-state index is -0.721. The molecule has 0 N–H and O–H groups in total. The predicted molar refractivity (Wildman–Crippen MR) is 91.6 cm³/mol. The molecule has 2 aromatic rings. The van der Waals surface area contributed by atoms with Crippen molar-refractivity contribution in [1.82, 2.24) is 4.90 Å². The Morgan fingerprint density at radius 1 is 1.16 bits per heavy atom. The van der Waals surface area contributed by atoms with Gasteiger partial charge in [-0.1, -0.05) is 12.1 Å². The highest BCUT2D eigenvalue weighted by atomic mass is 19.1. The van der Waals surface area contributed by atoms with Crippen LogP contribution < -0.4 is 9.64 Å². The minimum absolute atomic E-state index is 0.124. The van der Waals surface area contributed by atoms with Gasteiger partial charge in [-0.05, 0) is 36.8 Å². The highest BCUT2D eigenvalue weighted by Crippen LogP contribution is 2.25. The Labute approximate surface area is 145 Å². The SMILES string of the molecule is COc1cccc(CN2CCN(c3ccc(F)cc3F)C(=O)[C@H]2C)c1. The maximum Gasteiger partial charge on any atom is 0.244 e. The summed E-state index contributed by atoms with van der Waals surface area (Å²) in [6.45, 7) is 3.36. The fraction of sp³-hybridized carbons (Fsp3) is 0.316. The topological polar surface area (TPSA) is 32.8 Å². The van der Waals surface area contributed by atoms with Gasteiger partial charge in [0.1, 0.15) is 17.4 Å². The van der Waals surface area contributed by atoms with Gasteiger partial charge in [-0.3, -0.25) is 9.69 Å². The van der Waals surface area contributed by atoms with Gasteiger partial charge < -0.3 is 9.64 Å². The van der Waals surface area contributed by atoms with Crippen molar-refractivity contribution in [3.63, 3.8) is 0 Å². The molecule has 0 saturated carbocycles. The number of ether oxygens (including phenoxy) is 1. The lowest BCUT2D eigenvalue weighted by Gasteiger charge is -2.39. The molecule has 0 bridgehead atoms. The van der Waals surface area contributed by atoms with E-state index in [0.29, 0.717) is 19.6 Å². The monoisotopic (exact) mass is 346 g/mol. The molecule has 25 heavy (non-hydrogen) atoms. The highest BCUT2D eigenvalue weighted by molar-refractivity contribution is 5.97. The highest BCUT2D eigenvalue weighted by Gasteiger charge is 2.33. The first-order chi connectivity index (χ1) is 12.0. The van der Waals surface area contributed by atoms with Crippen LogP contribution in [0.25, 0.3) is 0 Å². The van der Waals surface area contributed by atoms with Crippen LogP contribution in [0, 0.1) is 11.6 Å². The smallest absolute Gasteiger partial charge is 0.244 e. The lowest BCUT2D eigenvalue weighted by atomic mass is 10.1. The predicted octanol–water partition coefficient (Wildman–Crippen LogP) is 3.21. The molecule has 0 unspecified atom stereocenters. The van der Waals surface area contributed by atoms with Gasteiger partial charge >= 0.3 is 0 Å². The number of methoxy groups -OCH3 is 1. The first-order valence-corrected chi connectivity index (χ1v) is 8.13. The van der Waals surface area contributed by atoms with Crippen LogP contribution in [-0.4, -0.2) is 37.0 Å². The quantitative estimate of drug-likeness (QED) is 0.852. The molecule has 2 aromatic carbocycles. The zero-order valence-corrected chi connectivity index (χ0v) is 14.2. The van der Waals surface area contributed by atoms with Crippen molar-refractivity contribution in [3.05, 3.63) is 59.7 Å². The summed E-state index contributed by atoms with van der Waals surface area (Å²) < 4.78 is 32.3. The molecule has 6 heteroatoms. The van der Waals surface area contributed by atoms with E-state index in [0.717, 1.165) is 17.4 Å². The second-order valence-corrected chi connectivity index (χ2v) is 6.08. The Morgan fingerprint density at radius 3 is 2.68 bits per heavy atom. The normalized spacial score (nSPS) is 18.5. The van der Waals surface area contributed by atoms with E-state index in [2.05, 4.69) is 0 Å². The third-order valence-corrected chi connectivity index (χ3v) is 4.50. The van der Waals surface area contributed by atoms with Gasteiger partial charge in [-0.25, -0.2) is 8.78 Å². The molecule has 0 aromatic heterocycles. The molecule has 0 radical (unpaired) electrons. The summed E-state index contributed by atoms with van der Waals surface area (Å²) in [5, 5.41) is 0. The van der Waals surface area contributed by atoms with E-state index < -0.39 is 17.7 Å². The standard InChI is InChI=1S/C19H20F2N2O2/c1-13-19(24)23(18-7-6-15(20)11-17(18)21)9-8-22(13)12-14-4-3-5-16(10-14)25-2/h3-7,10-11,13H,8-9,12H2,1-2H3/t13-/m1/s1. The van der Waals surface area contributed by atoms with Gasteiger partial charge in [0.05, 0.1) is 18.8 Å². The summed E-state index contributed by atoms with van der Waals surface area (Å²) in [4.78, 5) is 16.1. The van der Waals surface area contributed by atoms with Gasteiger partial charge in [0.15, 0.2) is 0 Å². The molecular formula is C19H20F2N2O2. The van der Waals surface area contributed by atoms with Gasteiger partial charge in [0.25, 0.3) is 0 Å². The van der Waals surface area contributed by atoms with Crippen LogP contribution in [0.5, 0.6) is 5.75 Å². The number of amides is 1. The summed E-state index contributed by atoms with van der Waals surface area (Å²) >= 11 is 0. The van der Waals surface area contributed by atoms with Crippen LogP contribution in [-0.2, 0) is 11.3 Å². The van der Waals surface area contributed by atoms with Gasteiger partial charge in [0.2, 0.25) is 5.91 Å². The first kappa shape index (κ1) is 17.4. The average molecular weight is 346 g/mol. The van der Waals surface area contributed by atoms with Crippen molar-refractivity contribution in [1.29, 1.82) is 0 Å². The van der Waals surface area contributed by atoms with Crippen LogP contribution in [0.15, 0.2) is 42.5 Å². The van der Waals surface area contributed by atoms with Crippen molar-refractivity contribution in [2.75, 3.05) is 25.1 Å². The van der Waals surface area contributed by atoms with Crippen molar-refractivity contribution in [2.45, 2.75) is 19.5 Å². The lowest BCUT2D eigenvalue weighted by molar-refractivity contribution is -0.125. The van der Waals surface area contributed by atoms with E-state index >= 15 is 0 Å². The van der Waals surface area contributed by atoms with E-state index in [9.17, 15) is 13.6 Å². The van der Waals surface area contributed by atoms with Crippen LogP contribution in [0.1, 0.15) is 12.5 Å². The number of nitrogens with zero attached hydrogens (tertiary/aromatic N) is 2. The van der Waals surface area contributed by atoms with Crippen molar-refractivity contribution in [3.8, 4) is 5.75 Å². The number of anilines is 1. The van der Waals surface area contributed by atoms with Gasteiger partial charge in [0, 0.05) is 25.7 Å². The summed E-state index contributed by atoms with van der Waals surface area (Å²) in [7, 11) is 1.61. The molecule has 1 amide bonds. The molecule has 1 fully saturated rings. The molecule has 0 aliphatic carbocycles. The molecule has 1 aliphatic heterocycles. The number of hydrogen-bond acceptors (Lipinski definition) is 3. The second-order valence-electron chi connectivity index (χ2n) is 6.08. The van der Waals surface area contributed by atoms with E-state index in [-0.39, 0.29) is 11.6 Å². The van der Waals surface area contributed by atoms with E-state index in [1.807, 2.05) is 29.2 Å². The molecule has 132 valence electrons. The van der Waals surface area contributed by atoms with Crippen LogP contribution in [0.2, 0.25) is 0 Å². The maximum absolute atomic E-state index is 14.0. The number of carbonyl (C=O) groups is 1. The van der Waals surface area contributed by atoms with Gasteiger partial charge in [-0.15, -0.1) is 0 Å². The molecule has 1 saturated heterocycles. The van der Waals surface area contributed by atoms with Crippen LogP contribution in [0.3, 0.4) is 0 Å². The lowest BCUT2D eigenvalue weighted by Crippen LogP contribution is -2.55. The zero-order chi connectivity index (χ0) is 18.0. The van der Waals surface area contributed by atoms with Gasteiger partial charge in [-0.2, -0.15) is 0 Å². The minimum Gasteiger partial charge on any atom is -0.497 e. The Morgan fingerprint density at radius 2 is 1.96 bits per heavy atom. The average Bonchev–Trinajstić information content (AvgIpc) is 2.60. The number of rotatable bonds is 4. The molecule has 0 spiro atoms. The van der Waals surface area contributed by atoms with E-state index in [4.69, 9.17) is 4.74 Å². The number of benzene rings is 2. The maximum atomic E-state index is 14.0. The van der Waals surface area contributed by atoms with Crippen molar-refractivity contribution in [2.24, 2.45) is 0 Å². The first-order valence-electron chi connectivity index (χ1n) is 8.13. The Balaban J connectivity index is 1.74.